The Hall–Kier alpha value is -3.23. The minimum atomic E-state index is -3.92. The number of hydrogen-bond donors (Lipinski definition) is 1. The second kappa shape index (κ2) is 12.1. The third kappa shape index (κ3) is 6.60. The second-order valence-corrected chi connectivity index (χ2v) is 12.3. The third-order valence-electron chi connectivity index (χ3n) is 7.38. The van der Waals surface area contributed by atoms with Crippen molar-refractivity contribution in [3.05, 3.63) is 77.9 Å². The molecule has 1 unspecified atom stereocenters. The Morgan fingerprint density at radius 1 is 0.947 bits per heavy atom. The predicted octanol–water partition coefficient (Wildman–Crippen LogP) is 4.63. The molecule has 202 valence electrons. The first-order chi connectivity index (χ1) is 18.1. The third-order valence-corrected chi connectivity index (χ3v) is 9.18. The highest BCUT2D eigenvalue weighted by atomic mass is 32.2. The molecule has 1 aliphatic rings. The standard InChI is InChI=1S/C30H37N3O4S/c1-22-13-15-24(16-14-22)20-33(23(2)30(35)31-27-11-5-4-6-12-27)29(34)21-32(3)38(36,37)28-18-17-25-9-7-8-10-26(25)19-28/h7-10,13-19,23,27H,4-6,11-12,20-21H2,1-3H3,(H,31,35). The normalized spacial score (nSPS) is 15.4. The Morgan fingerprint density at radius 2 is 1.61 bits per heavy atom. The van der Waals surface area contributed by atoms with E-state index in [4.69, 9.17) is 0 Å². The minimum Gasteiger partial charge on any atom is -0.352 e. The molecule has 0 heterocycles. The van der Waals surface area contributed by atoms with Crippen LogP contribution in [0.5, 0.6) is 0 Å². The highest BCUT2D eigenvalue weighted by Gasteiger charge is 2.31. The molecule has 8 heteroatoms. The van der Waals surface area contributed by atoms with Crippen molar-refractivity contribution in [2.75, 3.05) is 13.6 Å². The number of likely N-dealkylation sites (N-methyl/N-ethyl adjacent to an activating group) is 1. The van der Waals surface area contributed by atoms with E-state index in [0.29, 0.717) is 0 Å². The van der Waals surface area contributed by atoms with Gasteiger partial charge in [-0.1, -0.05) is 79.4 Å². The molecule has 0 spiro atoms. The van der Waals surface area contributed by atoms with Gasteiger partial charge in [0.15, 0.2) is 0 Å². The van der Waals surface area contributed by atoms with Crippen LogP contribution in [0.4, 0.5) is 0 Å². The quantitative estimate of drug-likeness (QED) is 0.433. The lowest BCUT2D eigenvalue weighted by Gasteiger charge is -2.32. The molecule has 0 aromatic heterocycles. The topological polar surface area (TPSA) is 86.8 Å². The number of carbonyl (C=O) groups excluding carboxylic acids is 2. The molecule has 0 aliphatic heterocycles. The zero-order valence-corrected chi connectivity index (χ0v) is 23.2. The van der Waals surface area contributed by atoms with Gasteiger partial charge in [0.25, 0.3) is 0 Å². The van der Waals surface area contributed by atoms with E-state index >= 15 is 0 Å². The lowest BCUT2D eigenvalue weighted by Crippen LogP contribution is -2.52. The van der Waals surface area contributed by atoms with Gasteiger partial charge in [-0.2, -0.15) is 4.31 Å². The van der Waals surface area contributed by atoms with Gasteiger partial charge in [0.05, 0.1) is 11.4 Å². The smallest absolute Gasteiger partial charge is 0.243 e. The summed E-state index contributed by atoms with van der Waals surface area (Å²) < 4.78 is 27.8. The summed E-state index contributed by atoms with van der Waals surface area (Å²) >= 11 is 0. The van der Waals surface area contributed by atoms with E-state index in [1.807, 2.05) is 55.5 Å². The number of aryl methyl sites for hydroxylation is 1. The van der Waals surface area contributed by atoms with Gasteiger partial charge in [-0.25, -0.2) is 8.42 Å². The second-order valence-electron chi connectivity index (χ2n) is 10.3. The summed E-state index contributed by atoms with van der Waals surface area (Å²) in [6, 6.07) is 19.6. The van der Waals surface area contributed by atoms with Gasteiger partial charge in [-0.15, -0.1) is 0 Å². The van der Waals surface area contributed by atoms with Crippen molar-refractivity contribution in [1.82, 2.24) is 14.5 Å². The first-order valence-corrected chi connectivity index (χ1v) is 14.7. The highest BCUT2D eigenvalue weighted by molar-refractivity contribution is 7.89. The summed E-state index contributed by atoms with van der Waals surface area (Å²) in [5, 5.41) is 4.86. The number of fused-ring (bicyclic) bond motifs is 1. The van der Waals surface area contributed by atoms with Gasteiger partial charge in [0, 0.05) is 19.6 Å². The zero-order valence-electron chi connectivity index (χ0n) is 22.4. The van der Waals surface area contributed by atoms with Gasteiger partial charge in [-0.05, 0) is 55.2 Å². The van der Waals surface area contributed by atoms with Crippen molar-refractivity contribution < 1.29 is 18.0 Å². The maximum atomic E-state index is 13.6. The van der Waals surface area contributed by atoms with Crippen molar-refractivity contribution in [3.8, 4) is 0 Å². The van der Waals surface area contributed by atoms with Crippen LogP contribution in [0.25, 0.3) is 10.8 Å². The Kier molecular flexibility index (Phi) is 8.84. The first kappa shape index (κ1) is 27.8. The van der Waals surface area contributed by atoms with E-state index in [1.54, 1.807) is 25.1 Å². The highest BCUT2D eigenvalue weighted by Crippen LogP contribution is 2.22. The molecule has 3 aromatic rings. The maximum Gasteiger partial charge on any atom is 0.243 e. The lowest BCUT2D eigenvalue weighted by molar-refractivity contribution is -0.141. The summed E-state index contributed by atoms with van der Waals surface area (Å²) in [4.78, 5) is 28.4. The van der Waals surface area contributed by atoms with Crippen molar-refractivity contribution in [2.24, 2.45) is 0 Å². The molecule has 1 saturated carbocycles. The Bertz CT molecular complexity index is 1380. The number of benzene rings is 3. The van der Waals surface area contributed by atoms with Crippen molar-refractivity contribution in [1.29, 1.82) is 0 Å². The molecule has 1 fully saturated rings. The van der Waals surface area contributed by atoms with Crippen LogP contribution in [0.1, 0.15) is 50.2 Å². The monoisotopic (exact) mass is 535 g/mol. The molecule has 0 radical (unpaired) electrons. The van der Waals surface area contributed by atoms with Gasteiger partial charge < -0.3 is 10.2 Å². The van der Waals surface area contributed by atoms with E-state index in [2.05, 4.69) is 5.32 Å². The number of rotatable bonds is 9. The van der Waals surface area contributed by atoms with Crippen LogP contribution in [0, 0.1) is 6.92 Å². The summed E-state index contributed by atoms with van der Waals surface area (Å²) in [6.45, 7) is 3.53. The molecular weight excluding hydrogens is 498 g/mol. The molecule has 1 N–H and O–H groups in total. The largest absolute Gasteiger partial charge is 0.352 e. The van der Waals surface area contributed by atoms with Crippen molar-refractivity contribution in [2.45, 2.75) is 69.5 Å². The van der Waals surface area contributed by atoms with E-state index in [0.717, 1.165) is 51.9 Å². The molecule has 3 aromatic carbocycles. The SMILES string of the molecule is Cc1ccc(CN(C(=O)CN(C)S(=O)(=O)c2ccc3ccccc3c2)C(C)C(=O)NC2CCCCC2)cc1. The first-order valence-electron chi connectivity index (χ1n) is 13.3. The Morgan fingerprint density at radius 3 is 2.29 bits per heavy atom. The van der Waals surface area contributed by atoms with Gasteiger partial charge in [0.2, 0.25) is 21.8 Å². The van der Waals surface area contributed by atoms with Crippen LogP contribution in [-0.4, -0.2) is 55.1 Å². The number of sulfonamides is 1. The number of nitrogens with zero attached hydrogens (tertiary/aromatic N) is 2. The van der Waals surface area contributed by atoms with Gasteiger partial charge in [-0.3, -0.25) is 9.59 Å². The molecular formula is C30H37N3O4S. The lowest BCUT2D eigenvalue weighted by atomic mass is 9.95. The Labute approximate surface area is 225 Å². The molecule has 0 saturated heterocycles. The molecule has 1 aliphatic carbocycles. The minimum absolute atomic E-state index is 0.117. The van der Waals surface area contributed by atoms with E-state index in [-0.39, 0.29) is 29.9 Å². The fraction of sp³-hybridized carbons (Fsp3) is 0.400. The van der Waals surface area contributed by atoms with E-state index in [9.17, 15) is 18.0 Å². The zero-order chi connectivity index (χ0) is 27.3. The fourth-order valence-electron chi connectivity index (χ4n) is 4.92. The summed E-state index contributed by atoms with van der Waals surface area (Å²) in [6.07, 6.45) is 5.23. The number of carbonyl (C=O) groups is 2. The average Bonchev–Trinajstić information content (AvgIpc) is 2.92. The van der Waals surface area contributed by atoms with Crippen LogP contribution in [0.3, 0.4) is 0 Å². The van der Waals surface area contributed by atoms with Crippen LogP contribution in [0.2, 0.25) is 0 Å². The van der Waals surface area contributed by atoms with Crippen molar-refractivity contribution in [3.63, 3.8) is 0 Å². The number of nitrogens with one attached hydrogen (secondary N) is 1. The molecule has 7 nitrogen and oxygen atoms in total. The summed E-state index contributed by atoms with van der Waals surface area (Å²) in [7, 11) is -2.52. The molecule has 0 bridgehead atoms. The van der Waals surface area contributed by atoms with Gasteiger partial charge in [0.1, 0.15) is 6.04 Å². The molecule has 4 rings (SSSR count). The van der Waals surface area contributed by atoms with Crippen LogP contribution in [0.15, 0.2) is 71.6 Å². The van der Waals surface area contributed by atoms with Crippen molar-refractivity contribution >= 4 is 32.6 Å². The summed E-state index contributed by atoms with van der Waals surface area (Å²) in [5.74, 6) is -0.638. The maximum absolute atomic E-state index is 13.6. The van der Waals surface area contributed by atoms with E-state index in [1.165, 1.54) is 18.4 Å². The van der Waals surface area contributed by atoms with E-state index < -0.39 is 22.0 Å². The number of hydrogen-bond acceptors (Lipinski definition) is 4. The van der Waals surface area contributed by atoms with Crippen LogP contribution < -0.4 is 5.32 Å². The van der Waals surface area contributed by atoms with Gasteiger partial charge >= 0.3 is 0 Å². The average molecular weight is 536 g/mol. The molecule has 2 amide bonds. The Balaban J connectivity index is 1.53. The number of amides is 2. The fourth-order valence-corrected chi connectivity index (χ4v) is 6.07. The van der Waals surface area contributed by atoms with Crippen LogP contribution in [-0.2, 0) is 26.2 Å². The predicted molar refractivity (Wildman–Crippen MR) is 150 cm³/mol. The summed E-state index contributed by atoms with van der Waals surface area (Å²) in [5.41, 5.74) is 1.97. The molecule has 1 atom stereocenters. The molecule has 38 heavy (non-hydrogen) atoms. The van der Waals surface area contributed by atoms with Crippen LogP contribution >= 0.6 is 0 Å².